The molecule has 0 aliphatic heterocycles. The number of sulfonamides is 1. The normalized spacial score (nSPS) is 11.9. The number of aryl methyl sites for hydroxylation is 1. The van der Waals surface area contributed by atoms with E-state index in [-0.39, 0.29) is 5.03 Å². The van der Waals surface area contributed by atoms with Crippen molar-refractivity contribution in [2.45, 2.75) is 31.7 Å². The molecule has 0 atom stereocenters. The van der Waals surface area contributed by atoms with Gasteiger partial charge in [-0.2, -0.15) is 0 Å². The first-order valence-electron chi connectivity index (χ1n) is 5.84. The van der Waals surface area contributed by atoms with Crippen LogP contribution < -0.4 is 10.0 Å². The van der Waals surface area contributed by atoms with Gasteiger partial charge in [0.25, 0.3) is 10.0 Å². The number of aromatic nitrogens is 2. The molecule has 0 bridgehead atoms. The molecule has 3 N–H and O–H groups in total. The van der Waals surface area contributed by atoms with Crippen LogP contribution in [0.4, 0.5) is 0 Å². The van der Waals surface area contributed by atoms with Crippen molar-refractivity contribution in [2.24, 2.45) is 0 Å². The van der Waals surface area contributed by atoms with Crippen molar-refractivity contribution in [3.8, 4) is 0 Å². The minimum atomic E-state index is -3.44. The van der Waals surface area contributed by atoms with Gasteiger partial charge < -0.3 is 10.3 Å². The van der Waals surface area contributed by atoms with Crippen LogP contribution >= 0.6 is 0 Å². The SMILES string of the molecule is CCCNCCNS(=O)(=O)c1cnc(CC)[nH]1. The summed E-state index contributed by atoms with van der Waals surface area (Å²) in [6, 6.07) is 0. The Balaban J connectivity index is 2.45. The fraction of sp³-hybridized carbons (Fsp3) is 0.700. The smallest absolute Gasteiger partial charge is 0.257 e. The molecule has 0 aliphatic rings. The van der Waals surface area contributed by atoms with E-state index in [9.17, 15) is 8.42 Å². The van der Waals surface area contributed by atoms with E-state index in [4.69, 9.17) is 0 Å². The van der Waals surface area contributed by atoms with E-state index in [1.165, 1.54) is 6.20 Å². The van der Waals surface area contributed by atoms with E-state index < -0.39 is 10.0 Å². The lowest BCUT2D eigenvalue weighted by atomic mass is 10.5. The minimum Gasteiger partial charge on any atom is -0.332 e. The van der Waals surface area contributed by atoms with Crippen LogP contribution in [0.5, 0.6) is 0 Å². The zero-order valence-electron chi connectivity index (χ0n) is 10.3. The Labute approximate surface area is 102 Å². The van der Waals surface area contributed by atoms with Crippen LogP contribution in [0.15, 0.2) is 11.2 Å². The molecule has 7 heteroatoms. The molecular weight excluding hydrogens is 240 g/mol. The molecule has 1 rings (SSSR count). The quantitative estimate of drug-likeness (QED) is 0.585. The summed E-state index contributed by atoms with van der Waals surface area (Å²) in [5.41, 5.74) is 0. The number of nitrogens with one attached hydrogen (secondary N) is 3. The van der Waals surface area contributed by atoms with Gasteiger partial charge in [-0.1, -0.05) is 13.8 Å². The highest BCUT2D eigenvalue weighted by atomic mass is 32.2. The standard InChI is InChI=1S/C10H20N4O2S/c1-3-5-11-6-7-13-17(15,16)10-8-12-9(4-2)14-10/h8,11,13H,3-7H2,1-2H3,(H,12,14). The van der Waals surface area contributed by atoms with Gasteiger partial charge >= 0.3 is 0 Å². The number of nitrogens with zero attached hydrogens (tertiary/aromatic N) is 1. The summed E-state index contributed by atoms with van der Waals surface area (Å²) < 4.78 is 26.1. The van der Waals surface area contributed by atoms with Crippen molar-refractivity contribution < 1.29 is 8.42 Å². The van der Waals surface area contributed by atoms with Crippen LogP contribution in [0.3, 0.4) is 0 Å². The fourth-order valence-electron chi connectivity index (χ4n) is 1.31. The molecule has 0 aliphatic carbocycles. The number of hydrogen-bond acceptors (Lipinski definition) is 4. The first kappa shape index (κ1) is 14.1. The van der Waals surface area contributed by atoms with Crippen molar-refractivity contribution >= 4 is 10.0 Å². The van der Waals surface area contributed by atoms with Gasteiger partial charge in [-0.05, 0) is 13.0 Å². The van der Waals surface area contributed by atoms with Crippen molar-refractivity contribution in [3.05, 3.63) is 12.0 Å². The van der Waals surface area contributed by atoms with Crippen LogP contribution in [-0.4, -0.2) is 38.0 Å². The van der Waals surface area contributed by atoms with E-state index in [0.29, 0.717) is 25.3 Å². The van der Waals surface area contributed by atoms with Gasteiger partial charge in [0.15, 0.2) is 5.03 Å². The monoisotopic (exact) mass is 260 g/mol. The Kier molecular flexibility index (Phi) is 5.60. The summed E-state index contributed by atoms with van der Waals surface area (Å²) in [7, 11) is -3.44. The second kappa shape index (κ2) is 6.73. The number of H-pyrrole nitrogens is 1. The topological polar surface area (TPSA) is 86.9 Å². The molecule has 6 nitrogen and oxygen atoms in total. The lowest BCUT2D eigenvalue weighted by Crippen LogP contribution is -2.32. The van der Waals surface area contributed by atoms with Crippen LogP contribution in [0.2, 0.25) is 0 Å². The number of aromatic amines is 1. The lowest BCUT2D eigenvalue weighted by molar-refractivity contribution is 0.572. The van der Waals surface area contributed by atoms with Crippen LogP contribution in [0.1, 0.15) is 26.1 Å². The zero-order chi connectivity index (χ0) is 12.7. The lowest BCUT2D eigenvalue weighted by Gasteiger charge is -2.05. The summed E-state index contributed by atoms with van der Waals surface area (Å²) in [6.45, 7) is 5.88. The fourth-order valence-corrected chi connectivity index (χ4v) is 2.28. The first-order valence-corrected chi connectivity index (χ1v) is 7.32. The van der Waals surface area contributed by atoms with Crippen LogP contribution in [-0.2, 0) is 16.4 Å². The maximum absolute atomic E-state index is 11.8. The molecule has 0 aromatic carbocycles. The molecule has 0 unspecified atom stereocenters. The van der Waals surface area contributed by atoms with Crippen molar-refractivity contribution in [1.82, 2.24) is 20.0 Å². The predicted molar refractivity (Wildman–Crippen MR) is 66.3 cm³/mol. The van der Waals surface area contributed by atoms with E-state index in [0.717, 1.165) is 13.0 Å². The third-order valence-corrected chi connectivity index (χ3v) is 3.62. The third kappa shape index (κ3) is 4.45. The van der Waals surface area contributed by atoms with E-state index in [1.807, 2.05) is 6.92 Å². The molecule has 0 spiro atoms. The minimum absolute atomic E-state index is 0.129. The highest BCUT2D eigenvalue weighted by molar-refractivity contribution is 7.89. The highest BCUT2D eigenvalue weighted by Gasteiger charge is 2.15. The van der Waals surface area contributed by atoms with Gasteiger partial charge in [0, 0.05) is 19.5 Å². The summed E-state index contributed by atoms with van der Waals surface area (Å²) in [5.74, 6) is 0.675. The van der Waals surface area contributed by atoms with Gasteiger partial charge in [0.2, 0.25) is 0 Å². The molecule has 0 amide bonds. The average Bonchev–Trinajstić information content (AvgIpc) is 2.78. The summed E-state index contributed by atoms with van der Waals surface area (Å²) in [6.07, 6.45) is 3.07. The molecule has 0 radical (unpaired) electrons. The van der Waals surface area contributed by atoms with Crippen molar-refractivity contribution in [1.29, 1.82) is 0 Å². The maximum Gasteiger partial charge on any atom is 0.257 e. The Hall–Kier alpha value is -0.920. The summed E-state index contributed by atoms with van der Waals surface area (Å²) in [5, 5.41) is 3.25. The number of imidazole rings is 1. The molecular formula is C10H20N4O2S. The van der Waals surface area contributed by atoms with Crippen LogP contribution in [0.25, 0.3) is 0 Å². The van der Waals surface area contributed by atoms with E-state index in [1.54, 1.807) is 0 Å². The molecule has 0 fully saturated rings. The Bertz CT molecular complexity index is 427. The summed E-state index contributed by atoms with van der Waals surface area (Å²) in [4.78, 5) is 6.74. The molecule has 0 saturated carbocycles. The van der Waals surface area contributed by atoms with Crippen molar-refractivity contribution in [2.75, 3.05) is 19.6 Å². The summed E-state index contributed by atoms with van der Waals surface area (Å²) >= 11 is 0. The van der Waals surface area contributed by atoms with E-state index in [2.05, 4.69) is 26.9 Å². The average molecular weight is 260 g/mol. The second-order valence-electron chi connectivity index (χ2n) is 3.70. The predicted octanol–water partition coefficient (Wildman–Crippen LogP) is 0.250. The van der Waals surface area contributed by atoms with Gasteiger partial charge in [-0.3, -0.25) is 0 Å². The molecule has 1 aromatic heterocycles. The maximum atomic E-state index is 11.8. The van der Waals surface area contributed by atoms with Crippen molar-refractivity contribution in [3.63, 3.8) is 0 Å². The Morgan fingerprint density at radius 3 is 2.65 bits per heavy atom. The van der Waals surface area contributed by atoms with Crippen LogP contribution in [0, 0.1) is 0 Å². The van der Waals surface area contributed by atoms with Gasteiger partial charge in [0.05, 0.1) is 6.20 Å². The number of hydrogen-bond donors (Lipinski definition) is 3. The highest BCUT2D eigenvalue weighted by Crippen LogP contribution is 2.05. The van der Waals surface area contributed by atoms with Gasteiger partial charge in [-0.25, -0.2) is 18.1 Å². The second-order valence-corrected chi connectivity index (χ2v) is 5.43. The molecule has 17 heavy (non-hydrogen) atoms. The van der Waals surface area contributed by atoms with E-state index >= 15 is 0 Å². The molecule has 1 heterocycles. The van der Waals surface area contributed by atoms with Gasteiger partial charge in [-0.15, -0.1) is 0 Å². The largest absolute Gasteiger partial charge is 0.332 e. The Morgan fingerprint density at radius 1 is 1.29 bits per heavy atom. The molecule has 98 valence electrons. The molecule has 1 aromatic rings. The first-order chi connectivity index (χ1) is 8.10. The van der Waals surface area contributed by atoms with Gasteiger partial charge in [0.1, 0.15) is 5.82 Å². The number of rotatable bonds is 8. The third-order valence-electron chi connectivity index (χ3n) is 2.25. The zero-order valence-corrected chi connectivity index (χ0v) is 11.1. The molecule has 0 saturated heterocycles. The Morgan fingerprint density at radius 2 is 2.06 bits per heavy atom.